The molecule has 0 bridgehead atoms. The zero-order chi connectivity index (χ0) is 11.5. The van der Waals surface area contributed by atoms with E-state index < -0.39 is 0 Å². The van der Waals surface area contributed by atoms with Crippen LogP contribution >= 0.6 is 0 Å². The molecular weight excluding hydrogens is 204 g/mol. The molecule has 2 fully saturated rings. The maximum atomic E-state index is 11.7. The fourth-order valence-electron chi connectivity index (χ4n) is 2.45. The molecule has 2 aliphatic rings. The van der Waals surface area contributed by atoms with Gasteiger partial charge in [-0.1, -0.05) is 6.42 Å². The summed E-state index contributed by atoms with van der Waals surface area (Å²) in [7, 11) is 0. The number of nitrogens with zero attached hydrogens (tertiary/aromatic N) is 1. The van der Waals surface area contributed by atoms with E-state index in [1.807, 2.05) is 6.92 Å². The summed E-state index contributed by atoms with van der Waals surface area (Å²) in [4.78, 5) is 13.9. The Morgan fingerprint density at radius 1 is 1.56 bits per heavy atom. The van der Waals surface area contributed by atoms with Gasteiger partial charge in [-0.25, -0.2) is 0 Å². The van der Waals surface area contributed by atoms with E-state index in [1.165, 1.54) is 19.3 Å². The van der Waals surface area contributed by atoms with Gasteiger partial charge in [0.05, 0.1) is 6.61 Å². The number of likely N-dealkylation sites (tertiary alicyclic amines) is 1. The van der Waals surface area contributed by atoms with Gasteiger partial charge in [0, 0.05) is 25.2 Å². The number of rotatable bonds is 4. The minimum atomic E-state index is -0.187. The number of hydrogen-bond donors (Lipinski definition) is 1. The van der Waals surface area contributed by atoms with Crippen LogP contribution in [0.5, 0.6) is 0 Å². The van der Waals surface area contributed by atoms with Gasteiger partial charge in [0.25, 0.3) is 0 Å². The van der Waals surface area contributed by atoms with Crippen molar-refractivity contribution in [3.63, 3.8) is 0 Å². The van der Waals surface area contributed by atoms with Crippen molar-refractivity contribution >= 4 is 11.7 Å². The quantitative estimate of drug-likeness (QED) is 0.735. The Morgan fingerprint density at radius 2 is 2.31 bits per heavy atom. The Balaban J connectivity index is 1.92. The zero-order valence-electron chi connectivity index (χ0n) is 9.87. The second kappa shape index (κ2) is 4.95. The van der Waals surface area contributed by atoms with Crippen molar-refractivity contribution in [2.24, 2.45) is 5.92 Å². The smallest absolute Gasteiger partial charge is 0.323 e. The van der Waals surface area contributed by atoms with Crippen molar-refractivity contribution in [2.75, 3.05) is 19.7 Å². The molecule has 0 aromatic rings. The van der Waals surface area contributed by atoms with Crippen LogP contribution in [0.3, 0.4) is 0 Å². The van der Waals surface area contributed by atoms with Gasteiger partial charge in [-0.05, 0) is 25.7 Å². The molecule has 0 spiro atoms. The van der Waals surface area contributed by atoms with E-state index >= 15 is 0 Å². The van der Waals surface area contributed by atoms with Gasteiger partial charge >= 0.3 is 5.97 Å². The van der Waals surface area contributed by atoms with Crippen LogP contribution in [-0.4, -0.2) is 42.3 Å². The van der Waals surface area contributed by atoms with Crippen molar-refractivity contribution in [3.05, 3.63) is 0 Å². The number of nitrogens with one attached hydrogen (secondary N) is 1. The van der Waals surface area contributed by atoms with Gasteiger partial charge in [0.15, 0.2) is 0 Å². The van der Waals surface area contributed by atoms with E-state index in [0.717, 1.165) is 12.5 Å². The van der Waals surface area contributed by atoms with Gasteiger partial charge in [-0.3, -0.25) is 9.69 Å². The lowest BCUT2D eigenvalue weighted by molar-refractivity contribution is -0.148. The van der Waals surface area contributed by atoms with Crippen molar-refractivity contribution in [2.45, 2.75) is 38.6 Å². The summed E-state index contributed by atoms with van der Waals surface area (Å²) in [5.41, 5.74) is 0.664. The first-order valence-corrected chi connectivity index (χ1v) is 6.17. The molecule has 2 rings (SSSR count). The molecule has 90 valence electrons. The molecule has 0 amide bonds. The fraction of sp³-hybridized carbons (Fsp3) is 0.833. The zero-order valence-corrected chi connectivity index (χ0v) is 9.87. The third-order valence-electron chi connectivity index (χ3n) is 3.55. The highest BCUT2D eigenvalue weighted by atomic mass is 16.5. The first-order valence-electron chi connectivity index (χ1n) is 6.17. The van der Waals surface area contributed by atoms with Gasteiger partial charge < -0.3 is 10.1 Å². The fourth-order valence-corrected chi connectivity index (χ4v) is 2.45. The largest absolute Gasteiger partial charge is 0.465 e. The molecule has 1 N–H and O–H groups in total. The maximum Gasteiger partial charge on any atom is 0.323 e. The van der Waals surface area contributed by atoms with Gasteiger partial charge in [-0.15, -0.1) is 0 Å². The molecule has 1 saturated carbocycles. The van der Waals surface area contributed by atoms with Crippen LogP contribution in [0.25, 0.3) is 0 Å². The normalized spacial score (nSPS) is 26.8. The standard InChI is InChI=1S/C12H20N2O2/c1-2-16-12(15)11-6-10(13)8-14(11)7-9-4-3-5-9/h9,11,13H,2-8H2,1H3/t11-/m0/s1. The van der Waals surface area contributed by atoms with Crippen LogP contribution in [0, 0.1) is 11.3 Å². The Hall–Kier alpha value is -0.900. The lowest BCUT2D eigenvalue weighted by atomic mass is 9.85. The predicted molar refractivity (Wildman–Crippen MR) is 61.7 cm³/mol. The highest BCUT2D eigenvalue weighted by Gasteiger charge is 2.36. The Labute approximate surface area is 96.5 Å². The number of ether oxygens (including phenoxy) is 1. The van der Waals surface area contributed by atoms with Crippen LogP contribution in [-0.2, 0) is 9.53 Å². The topological polar surface area (TPSA) is 53.4 Å². The van der Waals surface area contributed by atoms with Crippen LogP contribution in [0.15, 0.2) is 0 Å². The summed E-state index contributed by atoms with van der Waals surface area (Å²) < 4.78 is 5.06. The van der Waals surface area contributed by atoms with Crippen molar-refractivity contribution in [1.82, 2.24) is 4.90 Å². The first kappa shape index (κ1) is 11.6. The molecule has 1 aliphatic carbocycles. The number of hydrogen-bond acceptors (Lipinski definition) is 4. The molecular formula is C12H20N2O2. The van der Waals surface area contributed by atoms with Crippen LogP contribution in [0.4, 0.5) is 0 Å². The Kier molecular flexibility index (Phi) is 3.59. The molecule has 16 heavy (non-hydrogen) atoms. The summed E-state index contributed by atoms with van der Waals surface area (Å²) in [6.07, 6.45) is 4.43. The van der Waals surface area contributed by atoms with Gasteiger partial charge in [-0.2, -0.15) is 0 Å². The monoisotopic (exact) mass is 224 g/mol. The lowest BCUT2D eigenvalue weighted by Crippen LogP contribution is -2.41. The van der Waals surface area contributed by atoms with E-state index in [-0.39, 0.29) is 12.0 Å². The third kappa shape index (κ3) is 2.43. The second-order valence-corrected chi connectivity index (χ2v) is 4.80. The minimum Gasteiger partial charge on any atom is -0.465 e. The number of carbonyl (C=O) groups excluding carboxylic acids is 1. The SMILES string of the molecule is CCOC(=O)[C@@H]1CC(=N)CN1CC1CCC1. The molecule has 1 saturated heterocycles. The van der Waals surface area contributed by atoms with Crippen LogP contribution in [0.2, 0.25) is 0 Å². The van der Waals surface area contributed by atoms with Crippen molar-refractivity contribution < 1.29 is 9.53 Å². The molecule has 1 heterocycles. The molecule has 4 heteroatoms. The molecule has 1 aliphatic heterocycles. The van der Waals surface area contributed by atoms with Crippen molar-refractivity contribution in [3.8, 4) is 0 Å². The lowest BCUT2D eigenvalue weighted by Gasteiger charge is -2.32. The van der Waals surface area contributed by atoms with Crippen LogP contribution < -0.4 is 0 Å². The average molecular weight is 224 g/mol. The second-order valence-electron chi connectivity index (χ2n) is 4.80. The molecule has 0 aromatic carbocycles. The Morgan fingerprint density at radius 3 is 2.88 bits per heavy atom. The minimum absolute atomic E-state index is 0.149. The van der Waals surface area contributed by atoms with E-state index in [2.05, 4.69) is 4.90 Å². The summed E-state index contributed by atoms with van der Waals surface area (Å²) in [6.45, 7) is 3.88. The summed E-state index contributed by atoms with van der Waals surface area (Å²) >= 11 is 0. The Bertz CT molecular complexity index is 287. The van der Waals surface area contributed by atoms with Gasteiger partial charge in [0.2, 0.25) is 0 Å². The van der Waals surface area contributed by atoms with E-state index in [0.29, 0.717) is 25.3 Å². The molecule has 0 aromatic heterocycles. The predicted octanol–water partition coefficient (Wildman–Crippen LogP) is 1.44. The van der Waals surface area contributed by atoms with E-state index in [1.54, 1.807) is 0 Å². The number of esters is 1. The molecule has 0 unspecified atom stereocenters. The third-order valence-corrected chi connectivity index (χ3v) is 3.55. The number of carbonyl (C=O) groups is 1. The summed E-state index contributed by atoms with van der Waals surface area (Å²) in [6, 6.07) is -0.187. The molecule has 0 radical (unpaired) electrons. The van der Waals surface area contributed by atoms with Crippen LogP contribution in [0.1, 0.15) is 32.6 Å². The first-order chi connectivity index (χ1) is 7.70. The average Bonchev–Trinajstić information content (AvgIpc) is 2.54. The highest BCUT2D eigenvalue weighted by Crippen LogP contribution is 2.29. The summed E-state index contributed by atoms with van der Waals surface area (Å²) in [5, 5.41) is 7.70. The summed E-state index contributed by atoms with van der Waals surface area (Å²) in [5.74, 6) is 0.590. The van der Waals surface area contributed by atoms with Crippen molar-refractivity contribution in [1.29, 1.82) is 5.41 Å². The van der Waals surface area contributed by atoms with Gasteiger partial charge in [0.1, 0.15) is 6.04 Å². The van der Waals surface area contributed by atoms with E-state index in [9.17, 15) is 4.79 Å². The highest BCUT2D eigenvalue weighted by molar-refractivity contribution is 5.92. The molecule has 4 nitrogen and oxygen atoms in total. The van der Waals surface area contributed by atoms with E-state index in [4.69, 9.17) is 10.1 Å². The maximum absolute atomic E-state index is 11.7. The molecule has 1 atom stereocenters.